The third-order valence-corrected chi connectivity index (χ3v) is 11.2. The number of benzene rings is 2. The van der Waals surface area contributed by atoms with E-state index in [0.717, 1.165) is 37.1 Å². The maximum Gasteiger partial charge on any atom is 0.459 e. The van der Waals surface area contributed by atoms with Gasteiger partial charge in [-0.05, 0) is 74.2 Å². The molecule has 2 amide bonds. The molecule has 2 N–H and O–H groups in total. The molecule has 2 aliphatic carbocycles. The van der Waals surface area contributed by atoms with Crippen LogP contribution in [0.4, 0.5) is 35.1 Å². The first-order chi connectivity index (χ1) is 27.7. The Balaban J connectivity index is 1.26. The fourth-order valence-corrected chi connectivity index (χ4v) is 6.97. The second-order valence-electron chi connectivity index (χ2n) is 13.4. The van der Waals surface area contributed by atoms with E-state index in [4.69, 9.17) is 9.47 Å². The van der Waals surface area contributed by atoms with E-state index in [0.29, 0.717) is 51.4 Å². The molecule has 0 bridgehead atoms. The first-order valence-corrected chi connectivity index (χ1v) is 21.0. The summed E-state index contributed by atoms with van der Waals surface area (Å²) in [5.74, 6) is -4.09. The lowest BCUT2D eigenvalue weighted by Crippen LogP contribution is -2.50. The number of rotatable bonds is 19. The fraction of sp³-hybridized carbons (Fsp3) is 0.543. The number of ether oxygens (including phenoxy) is 2. The highest BCUT2D eigenvalue weighted by Crippen LogP contribution is 2.30. The fourth-order valence-electron chi connectivity index (χ4n) is 5.85. The Morgan fingerprint density at radius 3 is 1.39 bits per heavy atom. The van der Waals surface area contributed by atoms with E-state index >= 15 is 0 Å². The molecule has 0 spiro atoms. The van der Waals surface area contributed by atoms with Crippen LogP contribution in [-0.2, 0) is 38.4 Å². The molecule has 0 heterocycles. The van der Waals surface area contributed by atoms with E-state index in [1.807, 2.05) is 10.6 Å². The predicted octanol–water partition coefficient (Wildman–Crippen LogP) is 6.25. The Morgan fingerprint density at radius 1 is 0.610 bits per heavy atom. The second kappa shape index (κ2) is 20.0. The third-order valence-electron chi connectivity index (χ3n) is 9.05. The lowest BCUT2D eigenvalue weighted by molar-refractivity contribution is -0.137. The van der Waals surface area contributed by atoms with Gasteiger partial charge in [0, 0.05) is 29.6 Å². The zero-order valence-electron chi connectivity index (χ0n) is 31.0. The lowest BCUT2D eigenvalue weighted by Gasteiger charge is -2.24. The number of nitrogens with one attached hydrogen (secondary N) is 2. The van der Waals surface area contributed by atoms with Crippen LogP contribution in [0.3, 0.4) is 0 Å². The van der Waals surface area contributed by atoms with Gasteiger partial charge in [0.1, 0.15) is 23.9 Å². The standard InChI is InChI=1S/C35H40F8N4O10S2/c36-22-29(46-56-58(50,51)34(40,41)31(48)44-25-8-3-1-4-9-25)23-12-16-27(17-13-23)54-20-7-21-55-28-18-14-24(15-19-28)30(33(37,38)39)47-57-59(52,53)35(42,43)32(49)45-26-10-5-2-6-11-26/h12-19,25-26H,1-11,20-22H2,(H,44,48)(H,45,49)/b46-29+,47-30-. The van der Waals surface area contributed by atoms with Crippen molar-refractivity contribution in [2.45, 2.75) is 99.4 Å². The van der Waals surface area contributed by atoms with Crippen LogP contribution in [0.2, 0.25) is 0 Å². The van der Waals surface area contributed by atoms with E-state index in [-0.39, 0.29) is 36.7 Å². The molecule has 2 saturated carbocycles. The van der Waals surface area contributed by atoms with Gasteiger partial charge in [-0.15, -0.1) is 0 Å². The van der Waals surface area contributed by atoms with Gasteiger partial charge < -0.3 is 20.1 Å². The quantitative estimate of drug-likeness (QED) is 0.0707. The van der Waals surface area contributed by atoms with Crippen molar-refractivity contribution in [3.8, 4) is 11.5 Å². The highest BCUT2D eigenvalue weighted by molar-refractivity contribution is 7.88. The molecule has 59 heavy (non-hydrogen) atoms. The van der Waals surface area contributed by atoms with Gasteiger partial charge in [0.15, 0.2) is 5.71 Å². The van der Waals surface area contributed by atoms with Crippen molar-refractivity contribution in [2.24, 2.45) is 10.3 Å². The lowest BCUT2D eigenvalue weighted by atomic mass is 9.95. The molecule has 328 valence electrons. The number of halogens is 8. The Morgan fingerprint density at radius 2 is 1.00 bits per heavy atom. The van der Waals surface area contributed by atoms with Crippen LogP contribution in [0.25, 0.3) is 0 Å². The van der Waals surface area contributed by atoms with Crippen molar-refractivity contribution in [3.63, 3.8) is 0 Å². The topological polar surface area (TPSA) is 188 Å². The molecule has 14 nitrogen and oxygen atoms in total. The van der Waals surface area contributed by atoms with Gasteiger partial charge in [-0.1, -0.05) is 48.8 Å². The van der Waals surface area contributed by atoms with Gasteiger partial charge in [0.05, 0.1) is 13.2 Å². The molecule has 2 aromatic carbocycles. The van der Waals surface area contributed by atoms with Gasteiger partial charge in [0.25, 0.3) is 0 Å². The first kappa shape index (κ1) is 46.9. The number of hydrogen-bond donors (Lipinski definition) is 2. The highest BCUT2D eigenvalue weighted by atomic mass is 32.2. The van der Waals surface area contributed by atoms with Crippen molar-refractivity contribution in [2.75, 3.05) is 19.9 Å². The van der Waals surface area contributed by atoms with Crippen molar-refractivity contribution >= 4 is 43.5 Å². The summed E-state index contributed by atoms with van der Waals surface area (Å²) in [4.78, 5) is 24.1. The van der Waals surface area contributed by atoms with Crippen molar-refractivity contribution in [1.82, 2.24) is 10.6 Å². The van der Waals surface area contributed by atoms with E-state index in [1.54, 1.807) is 0 Å². The maximum atomic E-state index is 14.5. The molecule has 2 fully saturated rings. The number of carbonyl (C=O) groups excluding carboxylic acids is 2. The first-order valence-electron chi connectivity index (χ1n) is 18.2. The van der Waals surface area contributed by atoms with E-state index < -0.39 is 84.5 Å². The third kappa shape index (κ3) is 12.6. The van der Waals surface area contributed by atoms with Crippen LogP contribution < -0.4 is 20.1 Å². The molecule has 0 aliphatic heterocycles. The molecule has 2 aromatic rings. The summed E-state index contributed by atoms with van der Waals surface area (Å²) in [5, 5.41) is -0.934. The molecular formula is C35H40F8N4O10S2. The summed E-state index contributed by atoms with van der Waals surface area (Å²) < 4.78 is 180. The Labute approximate surface area is 333 Å². The van der Waals surface area contributed by atoms with Crippen LogP contribution in [0, 0.1) is 0 Å². The van der Waals surface area contributed by atoms with Gasteiger partial charge in [0.2, 0.25) is 0 Å². The molecule has 2 aliphatic rings. The summed E-state index contributed by atoms with van der Waals surface area (Å²) in [6.45, 7) is -1.49. The van der Waals surface area contributed by atoms with E-state index in [1.165, 1.54) is 24.3 Å². The Bertz CT molecular complexity index is 2020. The highest BCUT2D eigenvalue weighted by Gasteiger charge is 2.57. The average molecular weight is 893 g/mol. The molecule has 4 rings (SSSR count). The number of hydrogen-bond acceptors (Lipinski definition) is 12. The van der Waals surface area contributed by atoms with Gasteiger partial charge in [-0.2, -0.15) is 47.6 Å². The van der Waals surface area contributed by atoms with Crippen LogP contribution >= 0.6 is 0 Å². The summed E-state index contributed by atoms with van der Waals surface area (Å²) >= 11 is 0. The number of amides is 2. The average Bonchev–Trinajstić information content (AvgIpc) is 3.19. The minimum Gasteiger partial charge on any atom is -0.493 e. The maximum absolute atomic E-state index is 14.5. The molecule has 0 atom stereocenters. The molecular weight excluding hydrogens is 853 g/mol. The second-order valence-corrected chi connectivity index (χ2v) is 16.6. The largest absolute Gasteiger partial charge is 0.493 e. The molecule has 24 heteroatoms. The number of oxime groups is 2. The van der Waals surface area contributed by atoms with Gasteiger partial charge >= 0.3 is 48.7 Å². The zero-order chi connectivity index (χ0) is 43.5. The SMILES string of the molecule is O=C(NC1CCCCC1)C(F)(F)S(=O)(=O)O/N=C(\CF)c1ccc(OCCCOc2ccc(/C(=N/OS(=O)(=O)C(F)(F)C(=O)NC3CCCCC3)C(F)(F)F)cc2)cc1. The smallest absolute Gasteiger partial charge is 0.459 e. The monoisotopic (exact) mass is 892 g/mol. The zero-order valence-corrected chi connectivity index (χ0v) is 32.6. The number of nitrogens with zero attached hydrogens (tertiary/aromatic N) is 2. The van der Waals surface area contributed by atoms with E-state index in [2.05, 4.69) is 18.9 Å². The molecule has 0 saturated heterocycles. The normalized spacial score (nSPS) is 16.9. The number of alkyl halides is 8. The molecule has 0 radical (unpaired) electrons. The van der Waals surface area contributed by atoms with Gasteiger partial charge in [-0.3, -0.25) is 18.2 Å². The summed E-state index contributed by atoms with van der Waals surface area (Å²) in [6, 6.07) is 7.40. The summed E-state index contributed by atoms with van der Waals surface area (Å²) in [6.07, 6.45) is 0.486. The Kier molecular flexibility index (Phi) is 15.9. The van der Waals surface area contributed by atoms with Crippen molar-refractivity contribution in [3.05, 3.63) is 59.7 Å². The van der Waals surface area contributed by atoms with Crippen LogP contribution in [-0.4, -0.2) is 88.7 Å². The summed E-state index contributed by atoms with van der Waals surface area (Å²) in [5.41, 5.74) is -3.54. The predicted molar refractivity (Wildman–Crippen MR) is 194 cm³/mol. The summed E-state index contributed by atoms with van der Waals surface area (Å²) in [7, 11) is -12.2. The van der Waals surface area contributed by atoms with Crippen molar-refractivity contribution < 1.29 is 79.6 Å². The molecule has 0 unspecified atom stereocenters. The van der Waals surface area contributed by atoms with Crippen LogP contribution in [0.1, 0.15) is 81.8 Å². The minimum absolute atomic E-state index is 0.000845. The van der Waals surface area contributed by atoms with Gasteiger partial charge in [-0.25, -0.2) is 4.39 Å². The Hall–Kier alpha value is -4.74. The minimum atomic E-state index is -6.29. The molecule has 0 aromatic heterocycles. The van der Waals surface area contributed by atoms with Crippen LogP contribution in [0.15, 0.2) is 58.8 Å². The van der Waals surface area contributed by atoms with E-state index in [9.17, 15) is 61.5 Å². The van der Waals surface area contributed by atoms with Crippen LogP contribution in [0.5, 0.6) is 11.5 Å². The van der Waals surface area contributed by atoms with Crippen molar-refractivity contribution in [1.29, 1.82) is 0 Å². The number of carbonyl (C=O) groups is 2.